The van der Waals surface area contributed by atoms with E-state index in [2.05, 4.69) is 44.7 Å². The number of nitrogens with one attached hydrogen (secondary N) is 1. The zero-order valence-corrected chi connectivity index (χ0v) is 20.7. The highest BCUT2D eigenvalue weighted by atomic mass is 79.9. The Bertz CT molecular complexity index is 1290. The first kappa shape index (κ1) is 23.4. The number of hydrazone groups is 1. The highest BCUT2D eigenvalue weighted by Gasteiger charge is 2.06. The number of thioether (sulfide) groups is 1. The minimum absolute atomic E-state index is 0.161. The number of rotatable bonds is 8. The van der Waals surface area contributed by atoms with Gasteiger partial charge in [0.25, 0.3) is 0 Å². The molecule has 0 spiro atoms. The summed E-state index contributed by atoms with van der Waals surface area (Å²) in [6.45, 7) is 0.438. The second kappa shape index (κ2) is 11.4. The third-order valence-electron chi connectivity index (χ3n) is 4.77. The molecule has 0 aliphatic heterocycles. The quantitative estimate of drug-likeness (QED) is 0.148. The summed E-state index contributed by atoms with van der Waals surface area (Å²) in [5, 5.41) is 7.08. The van der Waals surface area contributed by atoms with Gasteiger partial charge in [0.2, 0.25) is 5.91 Å². The number of halogens is 2. The largest absolute Gasteiger partial charge is 0.488 e. The summed E-state index contributed by atoms with van der Waals surface area (Å²) >= 11 is 10.9. The van der Waals surface area contributed by atoms with Crippen molar-refractivity contribution in [3.63, 3.8) is 0 Å². The molecule has 1 N–H and O–H groups in total. The standard InChI is InChI=1S/C26H20BrClN2O2S/c27-23-14-19(10-13-24(23)32-16-18-8-11-21(28)12-9-18)15-29-30-26(31)17-33-25-7-3-5-20-4-1-2-6-22(20)25/h1-15H,16-17H2,(H,30,31). The van der Waals surface area contributed by atoms with Gasteiger partial charge in [-0.25, -0.2) is 5.43 Å². The third kappa shape index (κ3) is 6.60. The molecule has 0 saturated carbocycles. The Hall–Kier alpha value is -2.80. The maximum atomic E-state index is 12.2. The first-order valence-electron chi connectivity index (χ1n) is 10.2. The molecule has 0 aromatic heterocycles. The van der Waals surface area contributed by atoms with Crippen LogP contribution in [-0.4, -0.2) is 17.9 Å². The average molecular weight is 540 g/mol. The molecule has 4 aromatic rings. The van der Waals surface area contributed by atoms with Crippen molar-refractivity contribution in [2.24, 2.45) is 5.10 Å². The van der Waals surface area contributed by atoms with Crippen LogP contribution in [0, 0.1) is 0 Å². The SMILES string of the molecule is O=C(CSc1cccc2ccccc12)NN=Cc1ccc(OCc2ccc(Cl)cc2)c(Br)c1. The van der Waals surface area contributed by atoms with Crippen LogP contribution >= 0.6 is 39.3 Å². The van der Waals surface area contributed by atoms with Gasteiger partial charge in [0.1, 0.15) is 12.4 Å². The van der Waals surface area contributed by atoms with Gasteiger partial charge in [0, 0.05) is 9.92 Å². The molecule has 0 aliphatic rings. The van der Waals surface area contributed by atoms with E-state index in [0.717, 1.165) is 37.0 Å². The van der Waals surface area contributed by atoms with Gasteiger partial charge in [-0.05, 0) is 74.2 Å². The zero-order chi connectivity index (χ0) is 23.0. The molecule has 0 heterocycles. The van der Waals surface area contributed by atoms with E-state index >= 15 is 0 Å². The number of hydrogen-bond acceptors (Lipinski definition) is 4. The van der Waals surface area contributed by atoms with Crippen molar-refractivity contribution in [3.8, 4) is 5.75 Å². The predicted octanol–water partition coefficient (Wildman–Crippen LogP) is 7.08. The third-order valence-corrected chi connectivity index (χ3v) is 6.72. The molecule has 0 fully saturated rings. The molecule has 0 radical (unpaired) electrons. The van der Waals surface area contributed by atoms with E-state index in [0.29, 0.717) is 11.6 Å². The fraction of sp³-hybridized carbons (Fsp3) is 0.0769. The second-order valence-electron chi connectivity index (χ2n) is 7.16. The molecule has 0 saturated heterocycles. The minimum Gasteiger partial charge on any atom is -0.488 e. The lowest BCUT2D eigenvalue weighted by molar-refractivity contribution is -0.118. The van der Waals surface area contributed by atoms with Crippen LogP contribution < -0.4 is 10.2 Å². The van der Waals surface area contributed by atoms with Gasteiger partial charge >= 0.3 is 0 Å². The average Bonchev–Trinajstić information content (AvgIpc) is 2.83. The lowest BCUT2D eigenvalue weighted by atomic mass is 10.1. The van der Waals surface area contributed by atoms with Crippen LogP contribution in [0.15, 0.2) is 99.4 Å². The molecule has 1 amide bonds. The van der Waals surface area contributed by atoms with Crippen LogP contribution in [0.1, 0.15) is 11.1 Å². The second-order valence-corrected chi connectivity index (χ2v) is 9.47. The molecule has 0 atom stereocenters. The van der Waals surface area contributed by atoms with Crippen LogP contribution in [0.25, 0.3) is 10.8 Å². The summed E-state index contributed by atoms with van der Waals surface area (Å²) in [5.41, 5.74) is 4.45. The zero-order valence-electron chi connectivity index (χ0n) is 17.5. The summed E-state index contributed by atoms with van der Waals surface area (Å²) in [7, 11) is 0. The molecule has 0 aliphatic carbocycles. The maximum absolute atomic E-state index is 12.2. The maximum Gasteiger partial charge on any atom is 0.250 e. The molecule has 4 rings (SSSR count). The topological polar surface area (TPSA) is 50.7 Å². The molecule has 4 aromatic carbocycles. The van der Waals surface area contributed by atoms with E-state index in [-0.39, 0.29) is 11.7 Å². The molecule has 33 heavy (non-hydrogen) atoms. The Morgan fingerprint density at radius 1 is 1.03 bits per heavy atom. The molecule has 0 bridgehead atoms. The Morgan fingerprint density at radius 2 is 1.82 bits per heavy atom. The van der Waals surface area contributed by atoms with Crippen molar-refractivity contribution in [1.82, 2.24) is 5.43 Å². The summed E-state index contributed by atoms with van der Waals surface area (Å²) in [6, 6.07) is 27.4. The number of carbonyl (C=O) groups excluding carboxylic acids is 1. The van der Waals surface area contributed by atoms with E-state index in [1.165, 1.54) is 11.8 Å². The smallest absolute Gasteiger partial charge is 0.250 e. The number of nitrogens with zero attached hydrogens (tertiary/aromatic N) is 1. The van der Waals surface area contributed by atoms with Crippen molar-refractivity contribution in [3.05, 3.63) is 106 Å². The van der Waals surface area contributed by atoms with Crippen molar-refractivity contribution in [2.45, 2.75) is 11.5 Å². The van der Waals surface area contributed by atoms with Crippen LogP contribution in [0.2, 0.25) is 5.02 Å². The minimum atomic E-state index is -0.161. The number of ether oxygens (including phenoxy) is 1. The van der Waals surface area contributed by atoms with Gasteiger partial charge in [-0.1, -0.05) is 60.1 Å². The van der Waals surface area contributed by atoms with Crippen molar-refractivity contribution in [2.75, 3.05) is 5.75 Å². The summed E-state index contributed by atoms with van der Waals surface area (Å²) in [4.78, 5) is 13.3. The van der Waals surface area contributed by atoms with E-state index in [1.807, 2.05) is 66.7 Å². The molecule has 166 valence electrons. The normalized spacial score (nSPS) is 11.1. The van der Waals surface area contributed by atoms with Gasteiger partial charge in [-0.15, -0.1) is 11.8 Å². The molecular weight excluding hydrogens is 520 g/mol. The number of benzene rings is 4. The van der Waals surface area contributed by atoms with E-state index in [1.54, 1.807) is 6.21 Å². The highest BCUT2D eigenvalue weighted by molar-refractivity contribution is 9.10. The number of hydrogen-bond donors (Lipinski definition) is 1. The number of amides is 1. The van der Waals surface area contributed by atoms with Gasteiger partial charge in [-0.2, -0.15) is 5.10 Å². The number of carbonyl (C=O) groups is 1. The van der Waals surface area contributed by atoms with Gasteiger partial charge in [0.15, 0.2) is 0 Å². The lowest BCUT2D eigenvalue weighted by Gasteiger charge is -2.09. The monoisotopic (exact) mass is 538 g/mol. The van der Waals surface area contributed by atoms with Crippen molar-refractivity contribution < 1.29 is 9.53 Å². The fourth-order valence-corrected chi connectivity index (χ4v) is 4.64. The Kier molecular flexibility index (Phi) is 8.05. The number of fused-ring (bicyclic) bond motifs is 1. The van der Waals surface area contributed by atoms with Gasteiger partial charge < -0.3 is 4.74 Å². The van der Waals surface area contributed by atoms with Crippen LogP contribution in [0.4, 0.5) is 0 Å². The van der Waals surface area contributed by atoms with E-state index in [4.69, 9.17) is 16.3 Å². The predicted molar refractivity (Wildman–Crippen MR) is 140 cm³/mol. The van der Waals surface area contributed by atoms with E-state index < -0.39 is 0 Å². The molecular formula is C26H20BrClN2O2S. The first-order chi connectivity index (χ1) is 16.1. The summed E-state index contributed by atoms with van der Waals surface area (Å²) in [5.74, 6) is 0.843. The molecule has 0 unspecified atom stereocenters. The van der Waals surface area contributed by atoms with Crippen molar-refractivity contribution in [1.29, 1.82) is 0 Å². The van der Waals surface area contributed by atoms with E-state index in [9.17, 15) is 4.79 Å². The van der Waals surface area contributed by atoms with Crippen LogP contribution in [-0.2, 0) is 11.4 Å². The fourth-order valence-electron chi connectivity index (χ4n) is 3.13. The highest BCUT2D eigenvalue weighted by Crippen LogP contribution is 2.28. The summed E-state index contributed by atoms with van der Waals surface area (Å²) in [6.07, 6.45) is 1.61. The Balaban J connectivity index is 1.28. The molecule has 7 heteroatoms. The Labute approximate surface area is 210 Å². The van der Waals surface area contributed by atoms with Crippen LogP contribution in [0.3, 0.4) is 0 Å². The van der Waals surface area contributed by atoms with Crippen LogP contribution in [0.5, 0.6) is 5.75 Å². The van der Waals surface area contributed by atoms with Crippen molar-refractivity contribution >= 4 is 62.2 Å². The Morgan fingerprint density at radius 3 is 2.64 bits per heavy atom. The van der Waals surface area contributed by atoms with Gasteiger partial charge in [0.05, 0.1) is 16.4 Å². The first-order valence-corrected chi connectivity index (χ1v) is 12.3. The van der Waals surface area contributed by atoms with Gasteiger partial charge in [-0.3, -0.25) is 4.79 Å². The lowest BCUT2D eigenvalue weighted by Crippen LogP contribution is -2.19. The molecule has 4 nitrogen and oxygen atoms in total. The summed E-state index contributed by atoms with van der Waals surface area (Å²) < 4.78 is 6.66.